The Hall–Kier alpha value is -1.65. The summed E-state index contributed by atoms with van der Waals surface area (Å²) < 4.78 is 25.0. The second kappa shape index (κ2) is 4.47. The highest BCUT2D eigenvalue weighted by molar-refractivity contribution is 7.92. The zero-order chi connectivity index (χ0) is 13.5. The third-order valence-corrected chi connectivity index (χ3v) is 5.87. The van der Waals surface area contributed by atoms with Crippen LogP contribution in [0, 0.1) is 0 Å². The Morgan fingerprint density at radius 1 is 0.842 bits per heavy atom. The molecule has 1 aliphatic rings. The summed E-state index contributed by atoms with van der Waals surface area (Å²) in [6.45, 7) is 0. The Labute approximate surface area is 113 Å². The quantitative estimate of drug-likeness (QED) is 0.930. The highest BCUT2D eigenvalue weighted by Crippen LogP contribution is 2.46. The maximum absolute atomic E-state index is 12.5. The summed E-state index contributed by atoms with van der Waals surface area (Å²) in [4.78, 5) is 0.355. The molecule has 98 valence electrons. The fraction of sp³-hybridized carbons (Fsp3) is 0.200. The molecule has 0 aromatic heterocycles. The van der Waals surface area contributed by atoms with Crippen molar-refractivity contribution in [3.05, 3.63) is 66.2 Å². The van der Waals surface area contributed by atoms with Gasteiger partial charge in [0, 0.05) is 12.0 Å². The molecule has 0 amide bonds. The van der Waals surface area contributed by atoms with Crippen molar-refractivity contribution in [1.29, 1.82) is 0 Å². The van der Waals surface area contributed by atoms with E-state index >= 15 is 0 Å². The van der Waals surface area contributed by atoms with Crippen LogP contribution in [0.5, 0.6) is 0 Å². The van der Waals surface area contributed by atoms with Crippen molar-refractivity contribution < 1.29 is 8.42 Å². The van der Waals surface area contributed by atoms with Gasteiger partial charge in [0.05, 0.1) is 10.1 Å². The lowest BCUT2D eigenvalue weighted by molar-refractivity contribution is 0.593. The van der Waals surface area contributed by atoms with Gasteiger partial charge >= 0.3 is 0 Å². The fourth-order valence-electron chi connectivity index (χ4n) is 2.56. The fourth-order valence-corrected chi connectivity index (χ4v) is 4.63. The van der Waals surface area contributed by atoms with Gasteiger partial charge in [-0.25, -0.2) is 8.42 Å². The van der Waals surface area contributed by atoms with Crippen LogP contribution in [0.3, 0.4) is 0 Å². The van der Waals surface area contributed by atoms with Crippen LogP contribution in [-0.2, 0) is 9.84 Å². The smallest absolute Gasteiger partial charge is 0.183 e. The van der Waals surface area contributed by atoms with Crippen molar-refractivity contribution in [3.63, 3.8) is 0 Å². The summed E-state index contributed by atoms with van der Waals surface area (Å²) in [5.74, 6) is -0.0913. The lowest BCUT2D eigenvalue weighted by Gasteiger charge is -2.03. The van der Waals surface area contributed by atoms with E-state index < -0.39 is 15.1 Å². The van der Waals surface area contributed by atoms with Crippen LogP contribution in [0.25, 0.3) is 0 Å². The van der Waals surface area contributed by atoms with E-state index in [1.165, 1.54) is 0 Å². The van der Waals surface area contributed by atoms with Crippen molar-refractivity contribution in [2.75, 3.05) is 0 Å². The molecule has 3 nitrogen and oxygen atoms in total. The lowest BCUT2D eigenvalue weighted by atomic mass is 10.1. The van der Waals surface area contributed by atoms with E-state index in [1.54, 1.807) is 30.3 Å². The second-order valence-corrected chi connectivity index (χ2v) is 6.94. The van der Waals surface area contributed by atoms with Crippen LogP contribution in [0.2, 0.25) is 0 Å². The van der Waals surface area contributed by atoms with Gasteiger partial charge in [0.1, 0.15) is 0 Å². The molecule has 0 unspecified atom stereocenters. The Bertz CT molecular complexity index is 668. The third-order valence-electron chi connectivity index (χ3n) is 3.62. The molecule has 2 N–H and O–H groups in total. The first-order valence-corrected chi connectivity index (χ1v) is 7.76. The summed E-state index contributed by atoms with van der Waals surface area (Å²) in [6.07, 6.45) is 0. The number of hydrogen-bond acceptors (Lipinski definition) is 3. The van der Waals surface area contributed by atoms with Crippen molar-refractivity contribution >= 4 is 9.84 Å². The van der Waals surface area contributed by atoms with E-state index in [9.17, 15) is 8.42 Å². The van der Waals surface area contributed by atoms with Crippen LogP contribution in [0.1, 0.15) is 11.5 Å². The maximum atomic E-state index is 12.5. The molecular formula is C15H15NO2S. The molecule has 0 spiro atoms. The highest BCUT2D eigenvalue weighted by Gasteiger charge is 2.56. The average Bonchev–Trinajstić information content (AvgIpc) is 3.13. The topological polar surface area (TPSA) is 60.2 Å². The van der Waals surface area contributed by atoms with Crippen LogP contribution >= 0.6 is 0 Å². The van der Waals surface area contributed by atoms with Gasteiger partial charge in [0.2, 0.25) is 0 Å². The van der Waals surface area contributed by atoms with E-state index in [0.717, 1.165) is 5.56 Å². The van der Waals surface area contributed by atoms with Gasteiger partial charge in [-0.05, 0) is 17.7 Å². The summed E-state index contributed by atoms with van der Waals surface area (Å²) >= 11 is 0. The van der Waals surface area contributed by atoms with Crippen molar-refractivity contribution in [1.82, 2.24) is 0 Å². The Morgan fingerprint density at radius 3 is 1.95 bits per heavy atom. The van der Waals surface area contributed by atoms with Gasteiger partial charge in [0.25, 0.3) is 0 Å². The van der Waals surface area contributed by atoms with Crippen LogP contribution in [0.4, 0.5) is 0 Å². The van der Waals surface area contributed by atoms with Crippen LogP contribution in [-0.4, -0.2) is 19.7 Å². The van der Waals surface area contributed by atoms with Crippen molar-refractivity contribution in [2.45, 2.75) is 22.1 Å². The Balaban J connectivity index is 1.93. The zero-order valence-corrected chi connectivity index (χ0v) is 11.1. The number of sulfone groups is 1. The van der Waals surface area contributed by atoms with Gasteiger partial charge in [-0.15, -0.1) is 0 Å². The van der Waals surface area contributed by atoms with Crippen LogP contribution in [0.15, 0.2) is 65.6 Å². The van der Waals surface area contributed by atoms with Gasteiger partial charge in [0.15, 0.2) is 9.84 Å². The van der Waals surface area contributed by atoms with E-state index in [-0.39, 0.29) is 12.0 Å². The molecule has 0 bridgehead atoms. The molecule has 0 saturated heterocycles. The second-order valence-electron chi connectivity index (χ2n) is 4.84. The molecule has 0 aliphatic heterocycles. The third kappa shape index (κ3) is 2.07. The number of rotatable bonds is 3. The minimum Gasteiger partial charge on any atom is -0.326 e. The molecule has 2 aromatic rings. The molecule has 0 heterocycles. The van der Waals surface area contributed by atoms with Gasteiger partial charge < -0.3 is 5.73 Å². The van der Waals surface area contributed by atoms with Crippen molar-refractivity contribution in [3.8, 4) is 0 Å². The molecule has 19 heavy (non-hydrogen) atoms. The lowest BCUT2D eigenvalue weighted by Crippen LogP contribution is -2.15. The first-order chi connectivity index (χ1) is 9.12. The van der Waals surface area contributed by atoms with E-state index in [2.05, 4.69) is 0 Å². The first-order valence-electron chi connectivity index (χ1n) is 6.22. The minimum atomic E-state index is -3.34. The molecule has 4 heteroatoms. The number of hydrogen-bond donors (Lipinski definition) is 1. The molecule has 2 aromatic carbocycles. The van der Waals surface area contributed by atoms with Gasteiger partial charge in [-0.1, -0.05) is 48.5 Å². The zero-order valence-electron chi connectivity index (χ0n) is 10.3. The molecule has 0 radical (unpaired) electrons. The average molecular weight is 273 g/mol. The summed E-state index contributed by atoms with van der Waals surface area (Å²) in [7, 11) is -3.34. The van der Waals surface area contributed by atoms with Crippen molar-refractivity contribution in [2.24, 2.45) is 5.73 Å². The number of benzene rings is 2. The standard InChI is InChI=1S/C15H15NO2S/c16-14-13(11-7-3-1-4-8-11)15(14)19(17,18)12-9-5-2-6-10-12/h1-10,13-15H,16H2/t13-,14+,15-/m0/s1. The van der Waals surface area contributed by atoms with Gasteiger partial charge in [-0.3, -0.25) is 0 Å². The van der Waals surface area contributed by atoms with E-state index in [1.807, 2.05) is 30.3 Å². The highest BCUT2D eigenvalue weighted by atomic mass is 32.2. The summed E-state index contributed by atoms with van der Waals surface area (Å²) in [5.41, 5.74) is 6.99. The van der Waals surface area contributed by atoms with E-state index in [0.29, 0.717) is 4.90 Å². The normalized spacial score (nSPS) is 26.1. The molecule has 1 aliphatic carbocycles. The van der Waals surface area contributed by atoms with E-state index in [4.69, 9.17) is 5.73 Å². The molecule has 3 rings (SSSR count). The molecule has 1 saturated carbocycles. The number of nitrogens with two attached hydrogens (primary N) is 1. The molecular weight excluding hydrogens is 258 g/mol. The molecule has 3 atom stereocenters. The summed E-state index contributed by atoms with van der Waals surface area (Å²) in [5, 5.41) is -0.503. The maximum Gasteiger partial charge on any atom is 0.183 e. The largest absolute Gasteiger partial charge is 0.326 e. The predicted octanol–water partition coefficient (Wildman–Crippen LogP) is 1.95. The van der Waals surface area contributed by atoms with Gasteiger partial charge in [-0.2, -0.15) is 0 Å². The predicted molar refractivity (Wildman–Crippen MR) is 74.6 cm³/mol. The Kier molecular flexibility index (Phi) is 2.92. The monoisotopic (exact) mass is 273 g/mol. The first kappa shape index (κ1) is 12.4. The van der Waals surface area contributed by atoms with Crippen LogP contribution < -0.4 is 5.73 Å². The molecule has 1 fully saturated rings. The Morgan fingerprint density at radius 2 is 1.37 bits per heavy atom. The SMILES string of the molecule is N[C@@H]1[C@H](c2ccccc2)[C@@H]1S(=O)(=O)c1ccccc1. The summed E-state index contributed by atoms with van der Waals surface area (Å²) in [6, 6.07) is 17.8. The minimum absolute atomic E-state index is 0.0913.